The molecule has 0 amide bonds. The first-order chi connectivity index (χ1) is 7.50. The van der Waals surface area contributed by atoms with Crippen LogP contribution >= 0.6 is 0 Å². The van der Waals surface area contributed by atoms with E-state index in [1.807, 2.05) is 19.9 Å². The van der Waals surface area contributed by atoms with Crippen molar-refractivity contribution in [3.05, 3.63) is 29.7 Å². The Morgan fingerprint density at radius 1 is 1.44 bits per heavy atom. The first-order valence-corrected chi connectivity index (χ1v) is 5.29. The third kappa shape index (κ3) is 1.56. The van der Waals surface area contributed by atoms with Crippen molar-refractivity contribution in [1.29, 1.82) is 0 Å². The van der Waals surface area contributed by atoms with Crippen LogP contribution in [0.5, 0.6) is 0 Å². The Hall–Kier alpha value is -1.84. The summed E-state index contributed by atoms with van der Waals surface area (Å²) in [6.45, 7) is 5.60. The van der Waals surface area contributed by atoms with Gasteiger partial charge >= 0.3 is 0 Å². The van der Waals surface area contributed by atoms with Crippen LogP contribution in [0.25, 0.3) is 5.65 Å². The molecule has 84 valence electrons. The number of hydrogen-bond donors (Lipinski definition) is 1. The van der Waals surface area contributed by atoms with Gasteiger partial charge in [0.15, 0.2) is 5.78 Å². The first-order valence-electron chi connectivity index (χ1n) is 5.29. The molecule has 0 aliphatic rings. The summed E-state index contributed by atoms with van der Waals surface area (Å²) in [6, 6.07) is 3.62. The van der Waals surface area contributed by atoms with E-state index >= 15 is 0 Å². The number of fused-ring (bicyclic) bond motifs is 1. The molecule has 0 aromatic carbocycles. The lowest BCUT2D eigenvalue weighted by Gasteiger charge is -2.03. The quantitative estimate of drug-likeness (QED) is 0.785. The lowest BCUT2D eigenvalue weighted by molar-refractivity contribution is 0.101. The fourth-order valence-electron chi connectivity index (χ4n) is 1.83. The van der Waals surface area contributed by atoms with Crippen LogP contribution < -0.4 is 5.73 Å². The molecule has 2 rings (SSSR count). The van der Waals surface area contributed by atoms with Crippen LogP contribution in [0.15, 0.2) is 18.3 Å². The van der Waals surface area contributed by atoms with Crippen molar-refractivity contribution >= 4 is 17.1 Å². The summed E-state index contributed by atoms with van der Waals surface area (Å²) < 4.78 is 1.77. The van der Waals surface area contributed by atoms with Gasteiger partial charge in [0.2, 0.25) is 0 Å². The second-order valence-electron chi connectivity index (χ2n) is 4.25. The van der Waals surface area contributed by atoms with Gasteiger partial charge in [-0.25, -0.2) is 4.98 Å². The minimum absolute atomic E-state index is 0.0156. The summed E-state index contributed by atoms with van der Waals surface area (Å²) in [5.74, 6) is 0.238. The van der Waals surface area contributed by atoms with Crippen LogP contribution in [0.2, 0.25) is 0 Å². The van der Waals surface area contributed by atoms with Gasteiger partial charge in [0.1, 0.15) is 11.3 Å². The molecular weight excluding hydrogens is 202 g/mol. The second kappa shape index (κ2) is 3.63. The number of ketones is 1. The number of Topliss-reactive ketones (excluding diaryl/α,β-unsaturated/α-hetero) is 1. The summed E-state index contributed by atoms with van der Waals surface area (Å²) in [5.41, 5.74) is 8.58. The summed E-state index contributed by atoms with van der Waals surface area (Å²) >= 11 is 0. The number of nitrogens with zero attached hydrogens (tertiary/aromatic N) is 2. The van der Waals surface area contributed by atoms with E-state index in [4.69, 9.17) is 5.73 Å². The number of hydrogen-bond acceptors (Lipinski definition) is 3. The third-order valence-electron chi connectivity index (χ3n) is 2.55. The van der Waals surface area contributed by atoms with E-state index in [2.05, 4.69) is 4.98 Å². The average Bonchev–Trinajstić information content (AvgIpc) is 2.55. The van der Waals surface area contributed by atoms with Gasteiger partial charge in [0.05, 0.1) is 5.69 Å². The molecule has 4 nitrogen and oxygen atoms in total. The van der Waals surface area contributed by atoms with E-state index in [0.717, 1.165) is 11.3 Å². The average molecular weight is 217 g/mol. The smallest absolute Gasteiger partial charge is 0.178 e. The molecular formula is C12H15N3O. The summed E-state index contributed by atoms with van der Waals surface area (Å²) in [4.78, 5) is 16.1. The molecule has 0 saturated carbocycles. The van der Waals surface area contributed by atoms with Gasteiger partial charge in [-0.2, -0.15) is 0 Å². The van der Waals surface area contributed by atoms with E-state index in [1.54, 1.807) is 23.6 Å². The standard InChI is InChI=1S/C12H15N3O/c1-7(2)11-12(8(3)16)15-6-9(13)4-5-10(15)14-11/h4-7H,13H2,1-3H3. The molecule has 2 N–H and O–H groups in total. The Bertz CT molecular complexity index is 555. The van der Waals surface area contributed by atoms with Gasteiger partial charge in [0.25, 0.3) is 0 Å². The van der Waals surface area contributed by atoms with Crippen LogP contribution in [0, 0.1) is 0 Å². The van der Waals surface area contributed by atoms with Gasteiger partial charge in [-0.1, -0.05) is 13.8 Å². The van der Waals surface area contributed by atoms with E-state index < -0.39 is 0 Å². The number of nitrogen functional groups attached to an aromatic ring is 1. The monoisotopic (exact) mass is 217 g/mol. The van der Waals surface area contributed by atoms with Crippen LogP contribution in [0.1, 0.15) is 42.9 Å². The van der Waals surface area contributed by atoms with Crippen molar-refractivity contribution in [1.82, 2.24) is 9.38 Å². The number of anilines is 1. The fourth-order valence-corrected chi connectivity index (χ4v) is 1.83. The summed E-state index contributed by atoms with van der Waals surface area (Å²) in [6.07, 6.45) is 1.74. The molecule has 2 aromatic heterocycles. The number of carbonyl (C=O) groups excluding carboxylic acids is 1. The van der Waals surface area contributed by atoms with E-state index in [-0.39, 0.29) is 11.7 Å². The van der Waals surface area contributed by atoms with E-state index in [0.29, 0.717) is 11.4 Å². The van der Waals surface area contributed by atoms with Gasteiger partial charge in [-0.05, 0) is 18.1 Å². The normalized spacial score (nSPS) is 11.2. The number of nitrogens with two attached hydrogens (primary N) is 1. The van der Waals surface area contributed by atoms with Gasteiger partial charge in [0, 0.05) is 18.8 Å². The minimum atomic E-state index is 0.0156. The topological polar surface area (TPSA) is 60.4 Å². The molecule has 2 aromatic rings. The van der Waals surface area contributed by atoms with E-state index in [9.17, 15) is 4.79 Å². The number of imidazole rings is 1. The zero-order valence-corrected chi connectivity index (χ0v) is 9.69. The highest BCUT2D eigenvalue weighted by Crippen LogP contribution is 2.22. The summed E-state index contributed by atoms with van der Waals surface area (Å²) in [7, 11) is 0. The maximum atomic E-state index is 11.7. The maximum Gasteiger partial charge on any atom is 0.178 e. The molecule has 4 heteroatoms. The number of carbonyl (C=O) groups is 1. The molecule has 0 bridgehead atoms. The highest BCUT2D eigenvalue weighted by atomic mass is 16.1. The summed E-state index contributed by atoms with van der Waals surface area (Å²) in [5, 5.41) is 0. The van der Waals surface area contributed by atoms with Crippen LogP contribution in [-0.2, 0) is 0 Å². The third-order valence-corrected chi connectivity index (χ3v) is 2.55. The van der Waals surface area contributed by atoms with Crippen LogP contribution in [0.3, 0.4) is 0 Å². The molecule has 0 aliphatic heterocycles. The first kappa shape index (κ1) is 10.7. The van der Waals surface area contributed by atoms with Crippen molar-refractivity contribution in [2.45, 2.75) is 26.7 Å². The Morgan fingerprint density at radius 2 is 2.12 bits per heavy atom. The Balaban J connectivity index is 2.82. The predicted molar refractivity (Wildman–Crippen MR) is 63.7 cm³/mol. The highest BCUT2D eigenvalue weighted by Gasteiger charge is 2.18. The molecule has 0 atom stereocenters. The van der Waals surface area contributed by atoms with E-state index in [1.165, 1.54) is 0 Å². The molecule has 0 unspecified atom stereocenters. The van der Waals surface area contributed by atoms with Crippen molar-refractivity contribution in [2.24, 2.45) is 0 Å². The minimum Gasteiger partial charge on any atom is -0.398 e. The molecule has 0 aliphatic carbocycles. The van der Waals surface area contributed by atoms with Gasteiger partial charge < -0.3 is 5.73 Å². The van der Waals surface area contributed by atoms with Crippen molar-refractivity contribution in [3.8, 4) is 0 Å². The molecule has 16 heavy (non-hydrogen) atoms. The maximum absolute atomic E-state index is 11.7. The zero-order valence-electron chi connectivity index (χ0n) is 9.69. The van der Waals surface area contributed by atoms with Crippen molar-refractivity contribution in [3.63, 3.8) is 0 Å². The number of pyridine rings is 1. The largest absolute Gasteiger partial charge is 0.398 e. The van der Waals surface area contributed by atoms with Crippen molar-refractivity contribution < 1.29 is 4.79 Å². The molecule has 0 spiro atoms. The zero-order chi connectivity index (χ0) is 11.9. The lowest BCUT2D eigenvalue weighted by Crippen LogP contribution is -2.04. The molecule has 0 radical (unpaired) electrons. The Kier molecular flexibility index (Phi) is 2.42. The Morgan fingerprint density at radius 3 is 2.69 bits per heavy atom. The fraction of sp³-hybridized carbons (Fsp3) is 0.333. The highest BCUT2D eigenvalue weighted by molar-refractivity contribution is 5.94. The molecule has 0 saturated heterocycles. The number of aromatic nitrogens is 2. The molecule has 0 fully saturated rings. The SMILES string of the molecule is CC(=O)c1c(C(C)C)nc2ccc(N)cn12. The van der Waals surface area contributed by atoms with Crippen LogP contribution in [-0.4, -0.2) is 15.2 Å². The van der Waals surface area contributed by atoms with Crippen LogP contribution in [0.4, 0.5) is 5.69 Å². The Labute approximate surface area is 94.1 Å². The lowest BCUT2D eigenvalue weighted by atomic mass is 10.1. The second-order valence-corrected chi connectivity index (χ2v) is 4.25. The van der Waals surface area contributed by atoms with Gasteiger partial charge in [-0.15, -0.1) is 0 Å². The van der Waals surface area contributed by atoms with Gasteiger partial charge in [-0.3, -0.25) is 9.20 Å². The van der Waals surface area contributed by atoms with Crippen molar-refractivity contribution in [2.75, 3.05) is 5.73 Å². The number of rotatable bonds is 2. The molecule has 2 heterocycles. The predicted octanol–water partition coefficient (Wildman–Crippen LogP) is 2.24.